The maximum atomic E-state index is 11.2. The molecule has 5 nitrogen and oxygen atoms in total. The van der Waals surface area contributed by atoms with Crippen molar-refractivity contribution in [3.63, 3.8) is 0 Å². The van der Waals surface area contributed by atoms with Crippen molar-refractivity contribution in [2.75, 3.05) is 6.61 Å². The third kappa shape index (κ3) is 6.38. The fraction of sp³-hybridized carbons (Fsp3) is 0.333. The van der Waals surface area contributed by atoms with Crippen molar-refractivity contribution in [1.29, 1.82) is 0 Å². The van der Waals surface area contributed by atoms with Gasteiger partial charge in [0.2, 0.25) is 0 Å². The Hall–Kier alpha value is -2.56. The molecule has 0 amide bonds. The monoisotopic (exact) mass is 314 g/mol. The van der Waals surface area contributed by atoms with Gasteiger partial charge in [0.25, 0.3) is 0 Å². The number of ether oxygens (including phenoxy) is 2. The maximum absolute atomic E-state index is 11.2. The van der Waals surface area contributed by atoms with E-state index in [0.29, 0.717) is 19.6 Å². The van der Waals surface area contributed by atoms with Gasteiger partial charge in [-0.25, -0.2) is 4.98 Å². The quantitative estimate of drug-likeness (QED) is 0.566. The number of H-pyrrole nitrogens is 1. The van der Waals surface area contributed by atoms with Gasteiger partial charge in [-0.2, -0.15) is 0 Å². The van der Waals surface area contributed by atoms with E-state index in [-0.39, 0.29) is 5.97 Å². The summed E-state index contributed by atoms with van der Waals surface area (Å²) in [5.74, 6) is 0.684. The summed E-state index contributed by atoms with van der Waals surface area (Å²) in [6.07, 6.45) is 9.58. The highest BCUT2D eigenvalue weighted by atomic mass is 16.5. The summed E-state index contributed by atoms with van der Waals surface area (Å²) in [6, 6.07) is 7.89. The van der Waals surface area contributed by atoms with E-state index in [9.17, 15) is 4.79 Å². The lowest BCUT2D eigenvalue weighted by Crippen LogP contribution is -2.02. The second kappa shape index (κ2) is 9.46. The Balaban J connectivity index is 1.75. The van der Waals surface area contributed by atoms with Crippen LogP contribution in [0.4, 0.5) is 0 Å². The topological polar surface area (TPSA) is 64.2 Å². The highest BCUT2D eigenvalue weighted by Gasteiger charge is 2.00. The Morgan fingerprint density at radius 1 is 1.39 bits per heavy atom. The first-order valence-corrected chi connectivity index (χ1v) is 7.80. The number of hydrogen-bond acceptors (Lipinski definition) is 4. The molecule has 122 valence electrons. The normalized spacial score (nSPS) is 10.8. The average molecular weight is 314 g/mol. The zero-order valence-corrected chi connectivity index (χ0v) is 13.3. The van der Waals surface area contributed by atoms with E-state index in [1.165, 1.54) is 0 Å². The Bertz CT molecular complexity index is 621. The third-order valence-electron chi connectivity index (χ3n) is 3.17. The Morgan fingerprint density at radius 3 is 3.09 bits per heavy atom. The van der Waals surface area contributed by atoms with Crippen molar-refractivity contribution in [3.8, 4) is 5.75 Å². The van der Waals surface area contributed by atoms with Crippen molar-refractivity contribution in [2.45, 2.75) is 32.8 Å². The number of benzene rings is 1. The lowest BCUT2D eigenvalue weighted by atomic mass is 10.1. The van der Waals surface area contributed by atoms with E-state index in [0.717, 1.165) is 29.8 Å². The molecule has 0 aliphatic carbocycles. The third-order valence-corrected chi connectivity index (χ3v) is 3.17. The molecule has 1 aromatic carbocycles. The van der Waals surface area contributed by atoms with Gasteiger partial charge < -0.3 is 14.5 Å². The summed E-state index contributed by atoms with van der Waals surface area (Å²) in [5.41, 5.74) is 2.01. The summed E-state index contributed by atoms with van der Waals surface area (Å²) in [6.45, 7) is 2.73. The molecule has 2 rings (SSSR count). The first kappa shape index (κ1) is 16.8. The van der Waals surface area contributed by atoms with Crippen LogP contribution in [0.25, 0.3) is 6.08 Å². The molecule has 2 aromatic rings. The van der Waals surface area contributed by atoms with Gasteiger partial charge in [-0.15, -0.1) is 0 Å². The molecule has 23 heavy (non-hydrogen) atoms. The maximum Gasteiger partial charge on any atom is 0.305 e. The molecule has 0 unspecified atom stereocenters. The van der Waals surface area contributed by atoms with Crippen LogP contribution < -0.4 is 4.74 Å². The Labute approximate surface area is 136 Å². The molecule has 5 heteroatoms. The molecule has 1 heterocycles. The predicted molar refractivity (Wildman–Crippen MR) is 88.9 cm³/mol. The molecule has 0 spiro atoms. The molecule has 0 bridgehead atoms. The molecule has 0 aliphatic heterocycles. The minimum absolute atomic E-state index is 0.130. The number of nitrogens with zero attached hydrogens (tertiary/aromatic N) is 1. The largest absolute Gasteiger partial charge is 0.487 e. The molecule has 0 radical (unpaired) electrons. The molecule has 1 N–H and O–H groups in total. The summed E-state index contributed by atoms with van der Waals surface area (Å²) in [5, 5.41) is 0. The highest BCUT2D eigenvalue weighted by molar-refractivity contribution is 5.69. The van der Waals surface area contributed by atoms with Crippen LogP contribution in [0.15, 0.2) is 42.9 Å². The van der Waals surface area contributed by atoms with E-state index < -0.39 is 0 Å². The van der Waals surface area contributed by atoms with E-state index in [2.05, 4.69) is 16.0 Å². The number of allylic oxidation sites excluding steroid dienone is 1. The van der Waals surface area contributed by atoms with Crippen LogP contribution in [0.3, 0.4) is 0 Å². The Kier molecular flexibility index (Phi) is 6.91. The van der Waals surface area contributed by atoms with Gasteiger partial charge in [-0.3, -0.25) is 4.79 Å². The van der Waals surface area contributed by atoms with Crippen LogP contribution in [-0.4, -0.2) is 22.5 Å². The number of aromatic nitrogens is 2. The van der Waals surface area contributed by atoms with Gasteiger partial charge in [-0.1, -0.05) is 24.3 Å². The van der Waals surface area contributed by atoms with Crippen LogP contribution in [0.2, 0.25) is 0 Å². The van der Waals surface area contributed by atoms with Gasteiger partial charge >= 0.3 is 5.97 Å². The number of aromatic amines is 1. The number of imidazole rings is 1. The standard InChI is InChI=1S/C18H22N2O3/c1-2-22-18(21)10-5-3-4-7-15-8-6-9-17(11-15)23-13-16-12-19-14-20-16/h4,6-9,11-12,14H,2-3,5,10,13H2,1H3,(H,19,20)/b7-4+. The number of esters is 1. The molecule has 0 saturated carbocycles. The van der Waals surface area contributed by atoms with Gasteiger partial charge in [-0.05, 0) is 37.5 Å². The van der Waals surface area contributed by atoms with Gasteiger partial charge in [0.15, 0.2) is 0 Å². The van der Waals surface area contributed by atoms with Crippen molar-refractivity contribution >= 4 is 12.0 Å². The molecular weight excluding hydrogens is 292 g/mol. The van der Waals surface area contributed by atoms with E-state index in [4.69, 9.17) is 9.47 Å². The zero-order valence-electron chi connectivity index (χ0n) is 13.3. The van der Waals surface area contributed by atoms with Gasteiger partial charge in [0, 0.05) is 6.42 Å². The van der Waals surface area contributed by atoms with Gasteiger partial charge in [0.05, 0.1) is 24.8 Å². The highest BCUT2D eigenvalue weighted by Crippen LogP contribution is 2.16. The predicted octanol–water partition coefficient (Wildman–Crippen LogP) is 3.74. The zero-order chi connectivity index (χ0) is 16.3. The van der Waals surface area contributed by atoms with Gasteiger partial charge in [0.1, 0.15) is 12.4 Å². The number of carbonyl (C=O) groups is 1. The fourth-order valence-corrected chi connectivity index (χ4v) is 2.05. The first-order valence-electron chi connectivity index (χ1n) is 7.80. The molecular formula is C18H22N2O3. The van der Waals surface area contributed by atoms with Crippen molar-refractivity contribution in [3.05, 3.63) is 54.1 Å². The van der Waals surface area contributed by atoms with Crippen LogP contribution in [0.1, 0.15) is 37.4 Å². The lowest BCUT2D eigenvalue weighted by molar-refractivity contribution is -0.143. The number of carbonyl (C=O) groups excluding carboxylic acids is 1. The molecule has 1 aromatic heterocycles. The number of nitrogens with one attached hydrogen (secondary N) is 1. The molecule has 0 aliphatic rings. The second-order valence-electron chi connectivity index (χ2n) is 5.04. The SMILES string of the molecule is CCOC(=O)CCC/C=C/c1cccc(OCc2cnc[nH]2)c1. The first-order chi connectivity index (χ1) is 11.3. The minimum atomic E-state index is -0.130. The van der Waals surface area contributed by atoms with E-state index >= 15 is 0 Å². The van der Waals surface area contributed by atoms with E-state index in [1.807, 2.05) is 37.3 Å². The minimum Gasteiger partial charge on any atom is -0.487 e. The molecule has 0 atom stereocenters. The average Bonchev–Trinajstić information content (AvgIpc) is 3.07. The van der Waals surface area contributed by atoms with Crippen molar-refractivity contribution in [1.82, 2.24) is 9.97 Å². The van der Waals surface area contributed by atoms with Crippen molar-refractivity contribution < 1.29 is 14.3 Å². The molecule has 0 saturated heterocycles. The summed E-state index contributed by atoms with van der Waals surface area (Å²) >= 11 is 0. The number of rotatable bonds is 9. The van der Waals surface area contributed by atoms with Crippen molar-refractivity contribution in [2.24, 2.45) is 0 Å². The Morgan fingerprint density at radius 2 is 2.30 bits per heavy atom. The molecule has 0 fully saturated rings. The number of hydrogen-bond donors (Lipinski definition) is 1. The second-order valence-corrected chi connectivity index (χ2v) is 5.04. The smallest absolute Gasteiger partial charge is 0.305 e. The van der Waals surface area contributed by atoms with Crippen LogP contribution in [-0.2, 0) is 16.1 Å². The van der Waals surface area contributed by atoms with Crippen LogP contribution in [0, 0.1) is 0 Å². The summed E-state index contributed by atoms with van der Waals surface area (Å²) in [4.78, 5) is 18.2. The lowest BCUT2D eigenvalue weighted by Gasteiger charge is -2.05. The van der Waals surface area contributed by atoms with Crippen LogP contribution >= 0.6 is 0 Å². The number of unbranched alkanes of at least 4 members (excludes halogenated alkanes) is 1. The van der Waals surface area contributed by atoms with Crippen LogP contribution in [0.5, 0.6) is 5.75 Å². The summed E-state index contributed by atoms with van der Waals surface area (Å²) < 4.78 is 10.6. The summed E-state index contributed by atoms with van der Waals surface area (Å²) in [7, 11) is 0. The fourth-order valence-electron chi connectivity index (χ4n) is 2.05. The van der Waals surface area contributed by atoms with E-state index in [1.54, 1.807) is 12.5 Å².